The molecule has 0 spiro atoms. The third kappa shape index (κ3) is 9.68. The molecule has 0 radical (unpaired) electrons. The number of thiophene rings is 1. The first-order valence-electron chi connectivity index (χ1n) is 31.2. The van der Waals surface area contributed by atoms with Gasteiger partial charge in [0.05, 0.1) is 22.7 Å². The second-order valence-electron chi connectivity index (χ2n) is 23.5. The van der Waals surface area contributed by atoms with Crippen molar-refractivity contribution in [1.29, 1.82) is 0 Å². The predicted octanol–water partition coefficient (Wildman–Crippen LogP) is 25.6. The van der Waals surface area contributed by atoms with E-state index in [4.69, 9.17) is 0 Å². The van der Waals surface area contributed by atoms with Gasteiger partial charge in [-0.3, -0.25) is 0 Å². The Labute approximate surface area is 533 Å². The van der Waals surface area contributed by atoms with E-state index in [1.165, 1.54) is 102 Å². The van der Waals surface area contributed by atoms with Crippen molar-refractivity contribution in [1.82, 2.24) is 0 Å². The van der Waals surface area contributed by atoms with Crippen LogP contribution in [0.15, 0.2) is 352 Å². The molecule has 3 heteroatoms. The Morgan fingerprint density at radius 3 is 1.35 bits per heavy atom. The molecule has 91 heavy (non-hydrogen) atoms. The van der Waals surface area contributed by atoms with Crippen LogP contribution in [-0.2, 0) is 0 Å². The average molecular weight is 1180 g/mol. The highest BCUT2D eigenvalue weighted by Crippen LogP contribution is 2.51. The monoisotopic (exact) mass is 1170 g/mol. The molecule has 0 bridgehead atoms. The van der Waals surface area contributed by atoms with Gasteiger partial charge in [0.1, 0.15) is 0 Å². The number of para-hydroxylation sites is 3. The zero-order valence-electron chi connectivity index (χ0n) is 49.8. The molecule has 0 aliphatic rings. The summed E-state index contributed by atoms with van der Waals surface area (Å²) in [7, 11) is 0. The van der Waals surface area contributed by atoms with Crippen LogP contribution < -0.4 is 9.80 Å². The van der Waals surface area contributed by atoms with Crippen molar-refractivity contribution in [2.45, 2.75) is 0 Å². The van der Waals surface area contributed by atoms with E-state index in [0.717, 1.165) is 61.8 Å². The van der Waals surface area contributed by atoms with Crippen LogP contribution in [0.25, 0.3) is 130 Å². The second kappa shape index (κ2) is 22.8. The van der Waals surface area contributed by atoms with Crippen molar-refractivity contribution in [3.63, 3.8) is 0 Å². The lowest BCUT2D eigenvalue weighted by atomic mass is 9.93. The van der Waals surface area contributed by atoms with Gasteiger partial charge in [-0.15, -0.1) is 11.3 Å². The first-order chi connectivity index (χ1) is 45.1. The van der Waals surface area contributed by atoms with Gasteiger partial charge in [0, 0.05) is 53.6 Å². The van der Waals surface area contributed by atoms with Crippen LogP contribution in [0.3, 0.4) is 0 Å². The molecule has 16 aromatic carbocycles. The Bertz CT molecular complexity index is 5590. The summed E-state index contributed by atoms with van der Waals surface area (Å²) in [5, 5.41) is 12.3. The molecule has 1 aromatic heterocycles. The maximum absolute atomic E-state index is 2.52. The van der Waals surface area contributed by atoms with Gasteiger partial charge in [-0.2, -0.15) is 0 Å². The summed E-state index contributed by atoms with van der Waals surface area (Å²) in [4.78, 5) is 4.98. The van der Waals surface area contributed by atoms with Crippen molar-refractivity contribution >= 4 is 109 Å². The molecular weight excluding hydrogens is 1120 g/mol. The van der Waals surface area contributed by atoms with Crippen LogP contribution in [0.1, 0.15) is 0 Å². The van der Waals surface area contributed by atoms with Crippen LogP contribution in [-0.4, -0.2) is 0 Å². The van der Waals surface area contributed by atoms with Gasteiger partial charge in [-0.25, -0.2) is 0 Å². The van der Waals surface area contributed by atoms with Crippen LogP contribution in [0.2, 0.25) is 0 Å². The SMILES string of the molecule is c1ccc(-c2ccc(-c3ccccc3N(c3ccccc3-c3ccccc3N(c3ccc(-c4cccc5ccccc45)cc3)c3ccc4c(ccc5cc(-c6ccc7c(c6)sc6ccccc67)ccc54)c3)c3ccc(-c4ccccc4)c4ccccc34)cc2)cc1. The summed E-state index contributed by atoms with van der Waals surface area (Å²) < 4.78 is 2.64. The lowest BCUT2D eigenvalue weighted by molar-refractivity contribution is 1.27. The van der Waals surface area contributed by atoms with Crippen LogP contribution in [0.5, 0.6) is 0 Å². The normalized spacial score (nSPS) is 11.5. The van der Waals surface area contributed by atoms with E-state index in [1.807, 2.05) is 11.3 Å². The Balaban J connectivity index is 0.835. The number of rotatable bonds is 12. The molecule has 0 N–H and O–H groups in total. The molecule has 0 fully saturated rings. The summed E-state index contributed by atoms with van der Waals surface area (Å²) in [5.41, 5.74) is 20.4. The van der Waals surface area contributed by atoms with Crippen LogP contribution in [0, 0.1) is 0 Å². The molecule has 0 aliphatic carbocycles. The standard InChI is InChI=1S/C88H58N2S/c1-3-20-59(21-4-1)60-38-40-64(41-39-60)76-27-11-15-34-83(76)90(86-55-54-73(61-22-5-2-6-23-61)77-28-9-10-29-78(77)86)85-36-17-13-31-80(85)79-30-12-16-35-84(79)89(69-48-44-63(45-49-69)72-33-19-25-62-24-7-8-26-71(62)72)70-50-53-75-68(57-70)43-42-67-56-65(46-51-74(67)75)66-47-52-82-81-32-14-18-37-87(81)91-88(82)58-66/h1-58H. The number of hydrogen-bond acceptors (Lipinski definition) is 3. The molecule has 2 nitrogen and oxygen atoms in total. The number of hydrogen-bond donors (Lipinski definition) is 0. The Hall–Kier alpha value is -11.6. The second-order valence-corrected chi connectivity index (χ2v) is 24.6. The average Bonchev–Trinajstić information content (AvgIpc) is 1.80. The molecule has 426 valence electrons. The van der Waals surface area contributed by atoms with E-state index in [2.05, 4.69) is 362 Å². The van der Waals surface area contributed by atoms with Crippen LogP contribution in [0.4, 0.5) is 34.1 Å². The summed E-state index contributed by atoms with van der Waals surface area (Å²) in [6.07, 6.45) is 0. The van der Waals surface area contributed by atoms with Crippen molar-refractivity contribution < 1.29 is 0 Å². The van der Waals surface area contributed by atoms with E-state index in [-0.39, 0.29) is 0 Å². The topological polar surface area (TPSA) is 6.48 Å². The van der Waals surface area contributed by atoms with E-state index in [0.29, 0.717) is 0 Å². The quantitative estimate of drug-likeness (QED) is 0.113. The van der Waals surface area contributed by atoms with E-state index >= 15 is 0 Å². The first kappa shape index (κ1) is 53.6. The minimum atomic E-state index is 1.05. The van der Waals surface area contributed by atoms with E-state index < -0.39 is 0 Å². The highest BCUT2D eigenvalue weighted by molar-refractivity contribution is 7.25. The van der Waals surface area contributed by atoms with Crippen molar-refractivity contribution in [2.75, 3.05) is 9.80 Å². The number of nitrogens with zero attached hydrogens (tertiary/aromatic N) is 2. The van der Waals surface area contributed by atoms with Gasteiger partial charge >= 0.3 is 0 Å². The maximum atomic E-state index is 2.52. The number of fused-ring (bicyclic) bond motifs is 8. The van der Waals surface area contributed by atoms with Crippen molar-refractivity contribution in [3.05, 3.63) is 352 Å². The molecule has 0 saturated carbocycles. The zero-order chi connectivity index (χ0) is 60.2. The largest absolute Gasteiger partial charge is 0.310 e. The Kier molecular flexibility index (Phi) is 13.4. The fraction of sp³-hybridized carbons (Fsp3) is 0. The van der Waals surface area contributed by atoms with Crippen molar-refractivity contribution in [2.24, 2.45) is 0 Å². The molecule has 0 atom stereocenters. The summed E-state index contributed by atoms with van der Waals surface area (Å²) in [6, 6.07) is 130. The smallest absolute Gasteiger partial charge is 0.0541 e. The highest BCUT2D eigenvalue weighted by atomic mass is 32.1. The molecule has 0 aliphatic heterocycles. The van der Waals surface area contributed by atoms with E-state index in [1.54, 1.807) is 0 Å². The third-order valence-electron chi connectivity index (χ3n) is 18.3. The number of benzene rings is 16. The van der Waals surface area contributed by atoms with Gasteiger partial charge in [-0.05, 0) is 155 Å². The lowest BCUT2D eigenvalue weighted by Gasteiger charge is -2.33. The lowest BCUT2D eigenvalue weighted by Crippen LogP contribution is -2.14. The predicted molar refractivity (Wildman–Crippen MR) is 391 cm³/mol. The van der Waals surface area contributed by atoms with Gasteiger partial charge in [0.25, 0.3) is 0 Å². The fourth-order valence-corrected chi connectivity index (χ4v) is 15.0. The van der Waals surface area contributed by atoms with Gasteiger partial charge in [0.15, 0.2) is 0 Å². The van der Waals surface area contributed by atoms with Gasteiger partial charge in [-0.1, -0.05) is 285 Å². The number of anilines is 6. The molecule has 0 amide bonds. The van der Waals surface area contributed by atoms with Crippen molar-refractivity contribution in [3.8, 4) is 66.8 Å². The molecule has 0 saturated heterocycles. The van der Waals surface area contributed by atoms with Gasteiger partial charge in [0.2, 0.25) is 0 Å². The van der Waals surface area contributed by atoms with Gasteiger partial charge < -0.3 is 9.80 Å². The highest BCUT2D eigenvalue weighted by Gasteiger charge is 2.26. The minimum absolute atomic E-state index is 1.05. The molecule has 1 heterocycles. The summed E-state index contributed by atoms with van der Waals surface area (Å²) in [6.45, 7) is 0. The zero-order valence-corrected chi connectivity index (χ0v) is 50.6. The summed E-state index contributed by atoms with van der Waals surface area (Å²) >= 11 is 1.87. The maximum Gasteiger partial charge on any atom is 0.0541 e. The summed E-state index contributed by atoms with van der Waals surface area (Å²) in [5.74, 6) is 0. The molecule has 17 rings (SSSR count). The third-order valence-corrected chi connectivity index (χ3v) is 19.4. The Morgan fingerprint density at radius 1 is 0.176 bits per heavy atom. The molecular formula is C88H58N2S. The fourth-order valence-electron chi connectivity index (χ4n) is 13.9. The molecule has 17 aromatic rings. The molecule has 0 unspecified atom stereocenters. The Morgan fingerprint density at radius 2 is 0.615 bits per heavy atom. The first-order valence-corrected chi connectivity index (χ1v) is 32.0. The van der Waals surface area contributed by atoms with E-state index in [9.17, 15) is 0 Å². The minimum Gasteiger partial charge on any atom is -0.310 e. The van der Waals surface area contributed by atoms with Crippen LogP contribution >= 0.6 is 11.3 Å².